The summed E-state index contributed by atoms with van der Waals surface area (Å²) in [7, 11) is 0. The van der Waals surface area contributed by atoms with E-state index in [-0.39, 0.29) is 42.8 Å². The van der Waals surface area contributed by atoms with E-state index in [4.69, 9.17) is 0 Å². The Balaban J connectivity index is 1.34. The number of hydrogen-bond acceptors (Lipinski definition) is 4. The summed E-state index contributed by atoms with van der Waals surface area (Å²) in [5.41, 5.74) is 2.11. The summed E-state index contributed by atoms with van der Waals surface area (Å²) in [5, 5.41) is 0. The van der Waals surface area contributed by atoms with Gasteiger partial charge in [-0.05, 0) is 31.5 Å². The molecule has 0 radical (unpaired) electrons. The zero-order valence-electron chi connectivity index (χ0n) is 17.5. The van der Waals surface area contributed by atoms with Crippen molar-refractivity contribution in [3.05, 3.63) is 71.3 Å². The van der Waals surface area contributed by atoms with Crippen molar-refractivity contribution in [1.29, 1.82) is 0 Å². The molecule has 0 aliphatic carbocycles. The molecule has 2 aliphatic rings. The third kappa shape index (κ3) is 3.87. The molecule has 1 fully saturated rings. The first-order valence-corrected chi connectivity index (χ1v) is 10.5. The van der Waals surface area contributed by atoms with Crippen LogP contribution in [0.5, 0.6) is 0 Å². The molecule has 2 aliphatic heterocycles. The van der Waals surface area contributed by atoms with Gasteiger partial charge in [0, 0.05) is 44.7 Å². The van der Waals surface area contributed by atoms with E-state index < -0.39 is 0 Å². The summed E-state index contributed by atoms with van der Waals surface area (Å²) >= 11 is 0. The number of hydrogen-bond donors (Lipinski definition) is 0. The topological polar surface area (TPSA) is 60.9 Å². The minimum atomic E-state index is -0.308. The van der Waals surface area contributed by atoms with Crippen LogP contribution in [0.4, 0.5) is 0 Å². The molecule has 3 amide bonds. The van der Waals surface area contributed by atoms with E-state index >= 15 is 0 Å². The first-order chi connectivity index (χ1) is 14.5. The third-order valence-corrected chi connectivity index (χ3v) is 6.09. The van der Waals surface area contributed by atoms with Crippen molar-refractivity contribution >= 4 is 17.7 Å². The normalized spacial score (nSPS) is 21.8. The number of carbonyl (C=O) groups is 3. The highest BCUT2D eigenvalue weighted by Gasteiger charge is 2.36. The fourth-order valence-corrected chi connectivity index (χ4v) is 4.47. The second-order valence-corrected chi connectivity index (χ2v) is 8.21. The molecule has 0 aromatic heterocycles. The van der Waals surface area contributed by atoms with Crippen LogP contribution in [0.15, 0.2) is 54.6 Å². The smallest absolute Gasteiger partial charge is 0.261 e. The molecule has 2 unspecified atom stereocenters. The average molecular weight is 405 g/mol. The van der Waals surface area contributed by atoms with Gasteiger partial charge in [-0.1, -0.05) is 42.5 Å². The summed E-state index contributed by atoms with van der Waals surface area (Å²) < 4.78 is 0. The van der Waals surface area contributed by atoms with Crippen LogP contribution in [0.3, 0.4) is 0 Å². The number of piperazine rings is 1. The molecule has 2 aromatic rings. The summed E-state index contributed by atoms with van der Waals surface area (Å²) in [6.07, 6.45) is 0.156. The van der Waals surface area contributed by atoms with E-state index in [1.807, 2.05) is 23.1 Å². The summed E-state index contributed by atoms with van der Waals surface area (Å²) in [5.74, 6) is -0.625. The van der Waals surface area contributed by atoms with Crippen molar-refractivity contribution in [2.75, 3.05) is 19.6 Å². The van der Waals surface area contributed by atoms with Crippen LogP contribution in [0.1, 0.15) is 46.5 Å². The standard InChI is InChI=1S/C24H27N3O3/c1-17-14-25(15-18(2)27(17)16-19-8-4-3-5-9-19)22(28)12-13-26-23(29)20-10-6-7-11-21(20)24(26)30/h3-11,17-18H,12-16H2,1-2H3. The number of nitrogens with zero attached hydrogens (tertiary/aromatic N) is 3. The van der Waals surface area contributed by atoms with Gasteiger partial charge in [0.1, 0.15) is 0 Å². The quantitative estimate of drug-likeness (QED) is 0.718. The second-order valence-electron chi connectivity index (χ2n) is 8.21. The Hall–Kier alpha value is -2.99. The molecule has 6 heteroatoms. The molecule has 30 heavy (non-hydrogen) atoms. The lowest BCUT2D eigenvalue weighted by Crippen LogP contribution is -2.57. The van der Waals surface area contributed by atoms with Crippen molar-refractivity contribution < 1.29 is 14.4 Å². The molecule has 2 aromatic carbocycles. The molecular formula is C24H27N3O3. The van der Waals surface area contributed by atoms with Crippen LogP contribution in [-0.2, 0) is 11.3 Å². The zero-order valence-corrected chi connectivity index (χ0v) is 17.5. The van der Waals surface area contributed by atoms with Gasteiger partial charge in [0.05, 0.1) is 11.1 Å². The fourth-order valence-electron chi connectivity index (χ4n) is 4.47. The first kappa shape index (κ1) is 20.3. The number of benzene rings is 2. The molecular weight excluding hydrogens is 378 g/mol. The van der Waals surface area contributed by atoms with E-state index in [0.717, 1.165) is 6.54 Å². The molecule has 0 N–H and O–H groups in total. The molecule has 6 nitrogen and oxygen atoms in total. The zero-order chi connectivity index (χ0) is 21.3. The lowest BCUT2D eigenvalue weighted by Gasteiger charge is -2.44. The minimum absolute atomic E-state index is 0.00961. The summed E-state index contributed by atoms with van der Waals surface area (Å²) in [6, 6.07) is 17.6. The van der Waals surface area contributed by atoms with Crippen molar-refractivity contribution in [3.8, 4) is 0 Å². The second kappa shape index (κ2) is 8.40. The number of fused-ring (bicyclic) bond motifs is 1. The van der Waals surface area contributed by atoms with Gasteiger partial charge >= 0.3 is 0 Å². The van der Waals surface area contributed by atoms with Crippen molar-refractivity contribution in [2.45, 2.75) is 38.9 Å². The van der Waals surface area contributed by atoms with Crippen LogP contribution < -0.4 is 0 Å². The number of carbonyl (C=O) groups excluding carboxylic acids is 3. The maximum Gasteiger partial charge on any atom is 0.261 e. The maximum absolute atomic E-state index is 12.9. The van der Waals surface area contributed by atoms with Gasteiger partial charge in [-0.3, -0.25) is 24.2 Å². The summed E-state index contributed by atoms with van der Waals surface area (Å²) in [6.45, 7) is 6.57. The Labute approximate surface area is 177 Å². The predicted molar refractivity (Wildman–Crippen MR) is 114 cm³/mol. The Bertz CT molecular complexity index is 912. The molecule has 2 atom stereocenters. The lowest BCUT2D eigenvalue weighted by atomic mass is 10.1. The van der Waals surface area contributed by atoms with Gasteiger partial charge in [0.25, 0.3) is 11.8 Å². The first-order valence-electron chi connectivity index (χ1n) is 10.5. The molecule has 4 rings (SSSR count). The molecule has 0 saturated carbocycles. The Morgan fingerprint density at radius 3 is 1.97 bits per heavy atom. The van der Waals surface area contributed by atoms with Crippen molar-refractivity contribution in [3.63, 3.8) is 0 Å². The van der Waals surface area contributed by atoms with Gasteiger partial charge in [0.2, 0.25) is 5.91 Å². The van der Waals surface area contributed by atoms with Crippen LogP contribution in [0.25, 0.3) is 0 Å². The number of amides is 3. The van der Waals surface area contributed by atoms with E-state index in [1.54, 1.807) is 24.3 Å². The SMILES string of the molecule is CC1CN(C(=O)CCN2C(=O)c3ccccc3C2=O)CC(C)N1Cc1ccccc1. The van der Waals surface area contributed by atoms with Gasteiger partial charge in [-0.25, -0.2) is 0 Å². The lowest BCUT2D eigenvalue weighted by molar-refractivity contribution is -0.135. The fraction of sp³-hybridized carbons (Fsp3) is 0.375. The van der Waals surface area contributed by atoms with Gasteiger partial charge in [-0.15, -0.1) is 0 Å². The van der Waals surface area contributed by atoms with Gasteiger partial charge < -0.3 is 4.90 Å². The summed E-state index contributed by atoms with van der Waals surface area (Å²) in [4.78, 5) is 43.3. The highest BCUT2D eigenvalue weighted by atomic mass is 16.2. The maximum atomic E-state index is 12.9. The molecule has 0 spiro atoms. The molecule has 2 heterocycles. The Morgan fingerprint density at radius 1 is 0.867 bits per heavy atom. The average Bonchev–Trinajstić information content (AvgIpc) is 3.00. The van der Waals surface area contributed by atoms with E-state index in [0.29, 0.717) is 24.2 Å². The largest absolute Gasteiger partial charge is 0.340 e. The highest BCUT2D eigenvalue weighted by molar-refractivity contribution is 6.21. The molecule has 1 saturated heterocycles. The van der Waals surface area contributed by atoms with Crippen LogP contribution in [0.2, 0.25) is 0 Å². The number of imide groups is 1. The van der Waals surface area contributed by atoms with Crippen LogP contribution in [0, 0.1) is 0 Å². The molecule has 0 bridgehead atoms. The van der Waals surface area contributed by atoms with E-state index in [9.17, 15) is 14.4 Å². The van der Waals surface area contributed by atoms with Crippen LogP contribution >= 0.6 is 0 Å². The van der Waals surface area contributed by atoms with E-state index in [1.165, 1.54) is 10.5 Å². The monoisotopic (exact) mass is 405 g/mol. The minimum Gasteiger partial charge on any atom is -0.340 e. The Morgan fingerprint density at radius 2 is 1.40 bits per heavy atom. The highest BCUT2D eigenvalue weighted by Crippen LogP contribution is 2.23. The molecule has 156 valence electrons. The van der Waals surface area contributed by atoms with Crippen molar-refractivity contribution in [1.82, 2.24) is 14.7 Å². The van der Waals surface area contributed by atoms with Gasteiger partial charge in [0.15, 0.2) is 0 Å². The van der Waals surface area contributed by atoms with Crippen molar-refractivity contribution in [2.24, 2.45) is 0 Å². The third-order valence-electron chi connectivity index (χ3n) is 6.09. The number of rotatable bonds is 5. The van der Waals surface area contributed by atoms with Crippen LogP contribution in [-0.4, -0.2) is 64.1 Å². The van der Waals surface area contributed by atoms with E-state index in [2.05, 4.69) is 30.9 Å². The van der Waals surface area contributed by atoms with Gasteiger partial charge in [-0.2, -0.15) is 0 Å². The predicted octanol–water partition coefficient (Wildman–Crippen LogP) is 2.79. The Kier molecular flexibility index (Phi) is 5.68.